The molecule has 0 saturated carbocycles. The number of hydrogen-bond acceptors (Lipinski definition) is 24. The van der Waals surface area contributed by atoms with E-state index in [1.165, 1.54) is 56.4 Å². The number of fused-ring (bicyclic) bond motifs is 3. The van der Waals surface area contributed by atoms with E-state index in [1.54, 1.807) is 30.3 Å². The summed E-state index contributed by atoms with van der Waals surface area (Å²) in [5.74, 6) is 3.73. The van der Waals surface area contributed by atoms with E-state index in [4.69, 9.17) is 49.3 Å². The molecule has 0 radical (unpaired) electrons. The number of benzene rings is 4. The molecule has 2 aromatic heterocycles. The van der Waals surface area contributed by atoms with Crippen LogP contribution in [0.1, 0.15) is 120 Å². The molecule has 0 bridgehead atoms. The lowest BCUT2D eigenvalue weighted by atomic mass is 9.81. The zero-order valence-electron chi connectivity index (χ0n) is 63.7. The highest BCUT2D eigenvalue weighted by Gasteiger charge is 2.47. The van der Waals surface area contributed by atoms with Crippen LogP contribution in [0.4, 0.5) is 22.9 Å². The van der Waals surface area contributed by atoms with E-state index in [9.17, 15) is 61.2 Å². The first kappa shape index (κ1) is 90.1. The number of phosphoric ester groups is 1. The highest BCUT2D eigenvalue weighted by Crippen LogP contribution is 2.65. The van der Waals surface area contributed by atoms with Crippen LogP contribution in [0, 0.1) is 11.8 Å². The van der Waals surface area contributed by atoms with Gasteiger partial charge < -0.3 is 74.4 Å². The fraction of sp³-hybridized carbons (Fsp3) is 0.438. The van der Waals surface area contributed by atoms with Crippen LogP contribution in [-0.2, 0) is 76.8 Å². The van der Waals surface area contributed by atoms with E-state index in [0.717, 1.165) is 46.9 Å². The maximum Gasteiger partial charge on any atom is 0.479 e. The largest absolute Gasteiger partial charge is 0.491 e. The van der Waals surface area contributed by atoms with Crippen molar-refractivity contribution in [3.8, 4) is 17.6 Å². The van der Waals surface area contributed by atoms with Gasteiger partial charge in [0.25, 0.3) is 16.0 Å². The van der Waals surface area contributed by atoms with Crippen molar-refractivity contribution in [1.82, 2.24) is 30.5 Å². The second kappa shape index (κ2) is 40.4. The van der Waals surface area contributed by atoms with Gasteiger partial charge in [0.1, 0.15) is 68.1 Å². The second-order valence-corrected chi connectivity index (χ2v) is 38.1. The Morgan fingerprint density at radius 2 is 1.65 bits per heavy atom. The zero-order valence-corrected chi connectivity index (χ0v) is 68.8. The van der Waals surface area contributed by atoms with Crippen molar-refractivity contribution in [2.45, 2.75) is 132 Å². The number of carbonyl (C=O) groups excluding carboxylic acids is 4. The van der Waals surface area contributed by atoms with Crippen LogP contribution in [0.25, 0.3) is 31.9 Å². The fourth-order valence-electron chi connectivity index (χ4n) is 13.0. The Balaban J connectivity index is 0.645. The number of phosphoric acid groups is 1. The summed E-state index contributed by atoms with van der Waals surface area (Å²) in [6, 6.07) is 29.7. The molecule has 3 aliphatic rings. The number of nitrogens with zero attached hydrogens (tertiary/aromatic N) is 11. The molecule has 6 unspecified atom stereocenters. The molecule has 5 heterocycles. The number of azide groups is 2. The van der Waals surface area contributed by atoms with E-state index in [2.05, 4.69) is 134 Å². The highest BCUT2D eigenvalue weighted by atomic mass is 33.1. The van der Waals surface area contributed by atoms with Gasteiger partial charge in [-0.1, -0.05) is 106 Å². The molecule has 1 saturated heterocycles. The van der Waals surface area contributed by atoms with E-state index < -0.39 is 106 Å². The maximum atomic E-state index is 13.4. The van der Waals surface area contributed by atoms with Gasteiger partial charge in [0, 0.05) is 106 Å². The minimum atomic E-state index is -5.45. The number of ketones is 1. The first-order chi connectivity index (χ1) is 54.5. The number of para-hydroxylation sites is 2. The molecule has 42 heteroatoms. The minimum absolute atomic E-state index is 0.00429. The van der Waals surface area contributed by atoms with E-state index in [0.29, 0.717) is 38.1 Å². The van der Waals surface area contributed by atoms with Crippen LogP contribution in [0.5, 0.6) is 5.75 Å². The number of nitrogen functional groups attached to an aromatic ring is 1. The number of amides is 3. The highest BCUT2D eigenvalue weighted by molar-refractivity contribution is 8.77. The van der Waals surface area contributed by atoms with Crippen LogP contribution < -0.4 is 31.3 Å². The van der Waals surface area contributed by atoms with Crippen LogP contribution >= 0.6 is 44.6 Å². The summed E-state index contributed by atoms with van der Waals surface area (Å²) in [6.07, 6.45) is 7.60. The summed E-state index contributed by atoms with van der Waals surface area (Å²) >= 11 is 0. The third kappa shape index (κ3) is 25.1. The molecule has 115 heavy (non-hydrogen) atoms. The van der Waals surface area contributed by atoms with Crippen molar-refractivity contribution in [2.75, 3.05) is 88.2 Å². The van der Waals surface area contributed by atoms with Crippen LogP contribution in [0.15, 0.2) is 149 Å². The number of anilines is 3. The summed E-state index contributed by atoms with van der Waals surface area (Å²) in [6.45, 7) is 11.0. The first-order valence-corrected chi connectivity index (χ1v) is 45.0. The molecule has 6 aromatic rings. The average Bonchev–Trinajstić information content (AvgIpc) is 1.59. The average molecular weight is 1700 g/mol. The van der Waals surface area contributed by atoms with E-state index in [-0.39, 0.29) is 101 Å². The van der Waals surface area contributed by atoms with Crippen molar-refractivity contribution in [3.63, 3.8) is 0 Å². The molecule has 10 N–H and O–H groups in total. The number of aromatic nitrogens is 3. The SMILES string of the molecule is CC(C)(SSCCNC(=O)CCCCC[N+]1=C(C=CC=C2N(c3ccccc3)c3ccccc3C2(C)C)C(C)(C)c2cc(S(=O)(=O)O)ccc21)C(=O)CCCNC(=O)c1cccc(OCC(N=[N+]=[N-])OCCOCC(=O)NCC#Cc2cn(C3CC(OCN=[N+]=[N-])C(COP(=O)(O)OP(=O)(O)CP(=O)(O)O)O3)c3ncnc(N)c23)c1. The first-order valence-electron chi connectivity index (χ1n) is 36.2. The van der Waals surface area contributed by atoms with E-state index in [1.807, 2.05) is 52.0 Å². The Morgan fingerprint density at radius 3 is 2.40 bits per heavy atom. The van der Waals surface area contributed by atoms with Crippen molar-refractivity contribution in [2.24, 2.45) is 10.2 Å². The van der Waals surface area contributed by atoms with Gasteiger partial charge in [-0.2, -0.15) is 13.0 Å². The predicted molar refractivity (Wildman–Crippen MR) is 431 cm³/mol. The van der Waals surface area contributed by atoms with Gasteiger partial charge in [-0.25, -0.2) is 18.8 Å². The standard InChI is InChI=1S/C73H90N15O21P3S3/c1-71(2)54-24-12-13-25-57(54)88(51-21-9-7-10-22-51)61(71)27-16-26-60-72(3,4)55-40-53(115(100,101)102)30-31-56(55)86(60)35-14-8-11-29-63(90)78-34-38-113-114-73(5,6)62(89)28-18-33-79-70(92)49-19-15-23-52(39-49)105-45-65(83-85-76)104-37-36-103-44-64(91)77-32-17-20-50-42-87(69-67(50)68(74)80-46-81-69)66-41-58(106-47-82-84-75)59(108-66)43-107-112(98,99)109-111(96,97)48-110(93,94)95/h7,9-10,12-13,15-16,19,21-27,30-31,39-40,42,46,58-59,65-66H,8,11,14,18,28-29,32-38,41,43-45,47-48H2,1-6H3,(H9-,74,77,78,79,80,81,90,91,92,93,94,95,96,97,98,99,100,101,102)/p+1. The number of hydrogen-bond donors (Lipinski definition) is 9. The van der Waals surface area contributed by atoms with Crippen LogP contribution in [-0.4, -0.2) is 182 Å². The molecule has 1 fully saturated rings. The fourth-order valence-corrected chi connectivity index (χ4v) is 20.3. The molecule has 36 nitrogen and oxygen atoms in total. The van der Waals surface area contributed by atoms with Crippen LogP contribution in [0.3, 0.4) is 0 Å². The van der Waals surface area contributed by atoms with Crippen molar-refractivity contribution in [1.29, 1.82) is 0 Å². The number of nitrogens with one attached hydrogen (secondary N) is 3. The van der Waals surface area contributed by atoms with Gasteiger partial charge in [-0.3, -0.25) is 37.4 Å². The molecular weight excluding hydrogens is 1610 g/mol. The number of rotatable bonds is 43. The molecular formula is C73H91N15O21P3S3+. The summed E-state index contributed by atoms with van der Waals surface area (Å²) in [5, 5.41) is 15.6. The van der Waals surface area contributed by atoms with Crippen molar-refractivity contribution in [3.05, 3.63) is 177 Å². The number of carbonyl (C=O) groups is 4. The summed E-state index contributed by atoms with van der Waals surface area (Å²) in [5.41, 5.74) is 31.1. The number of ether oxygens (including phenoxy) is 5. The lowest BCUT2D eigenvalue weighted by molar-refractivity contribution is -0.438. The Morgan fingerprint density at radius 1 is 0.887 bits per heavy atom. The number of unbranched alkanes of at least 4 members (excludes halogenated alkanes) is 2. The van der Waals surface area contributed by atoms with Gasteiger partial charge >= 0.3 is 23.0 Å². The second-order valence-electron chi connectivity index (χ2n) is 28.0. The Hall–Kier alpha value is -8.79. The van der Waals surface area contributed by atoms with Gasteiger partial charge in [-0.05, 0) is 118 Å². The van der Waals surface area contributed by atoms with Crippen molar-refractivity contribution < 1.29 is 103 Å². The number of Topliss-reactive ketones (excluding diaryl/α,β-unsaturated/α-hetero) is 1. The van der Waals surface area contributed by atoms with Crippen molar-refractivity contribution >= 4 is 118 Å². The smallest absolute Gasteiger partial charge is 0.479 e. The Bertz CT molecular complexity index is 5080. The Labute approximate surface area is 671 Å². The van der Waals surface area contributed by atoms with Crippen LogP contribution in [0.2, 0.25) is 0 Å². The lowest BCUT2D eigenvalue weighted by Crippen LogP contribution is -2.30. The third-order valence-electron chi connectivity index (χ3n) is 18.6. The molecule has 3 aliphatic heterocycles. The number of allylic oxidation sites excluding steroid dienone is 4. The van der Waals surface area contributed by atoms with Gasteiger partial charge in [0.2, 0.25) is 17.5 Å². The normalized spacial score (nSPS) is 18.0. The molecule has 9 rings (SSSR count). The van der Waals surface area contributed by atoms with E-state index >= 15 is 0 Å². The summed E-state index contributed by atoms with van der Waals surface area (Å²) < 4.78 is 111. The maximum absolute atomic E-state index is 13.4. The lowest BCUT2D eigenvalue weighted by Gasteiger charge is -2.27. The molecule has 3 amide bonds. The molecule has 0 spiro atoms. The van der Waals surface area contributed by atoms with Gasteiger partial charge in [-0.15, -0.1) is 0 Å². The van der Waals surface area contributed by atoms with Gasteiger partial charge in [0.15, 0.2) is 17.8 Å². The zero-order chi connectivity index (χ0) is 83.4. The molecule has 0 aliphatic carbocycles. The number of nitrogens with two attached hydrogens (primary N) is 1. The summed E-state index contributed by atoms with van der Waals surface area (Å²) in [4.78, 5) is 106. The van der Waals surface area contributed by atoms with Gasteiger partial charge in [0.05, 0.1) is 58.5 Å². The topological polar surface area (TPSA) is 516 Å². The molecule has 4 aromatic carbocycles. The molecule has 6 atom stereocenters. The molecule has 616 valence electrons. The third-order valence-corrected chi connectivity index (χ3v) is 27.9. The monoisotopic (exact) mass is 1700 g/mol. The predicted octanol–water partition coefficient (Wildman–Crippen LogP) is 11.4. The Kier molecular flexibility index (Phi) is 31.6. The minimum Gasteiger partial charge on any atom is -0.491 e. The summed E-state index contributed by atoms with van der Waals surface area (Å²) in [7, 11) is -17.5. The quantitative estimate of drug-likeness (QED) is 0.00198.